The highest BCUT2D eigenvalue weighted by molar-refractivity contribution is 5.31. The Kier molecular flexibility index (Phi) is 4.39. The summed E-state index contributed by atoms with van der Waals surface area (Å²) in [5.41, 5.74) is 4.02. The highest BCUT2D eigenvalue weighted by atomic mass is 14.9. The van der Waals surface area contributed by atoms with Crippen molar-refractivity contribution in [3.05, 3.63) is 34.9 Å². The molecule has 1 unspecified atom stereocenters. The smallest absolute Gasteiger partial charge is 0.0292 e. The summed E-state index contributed by atoms with van der Waals surface area (Å²) >= 11 is 0. The van der Waals surface area contributed by atoms with Gasteiger partial charge in [-0.3, -0.25) is 0 Å². The highest BCUT2D eigenvalue weighted by Gasteiger charge is 2.04. The van der Waals surface area contributed by atoms with Gasteiger partial charge in [0.05, 0.1) is 0 Å². The average Bonchev–Trinajstić information content (AvgIpc) is 2.22. The molecule has 0 saturated heterocycles. The minimum absolute atomic E-state index is 0.373. The molecule has 0 aromatic heterocycles. The third-order valence-electron chi connectivity index (χ3n) is 2.75. The second-order valence-electron chi connectivity index (χ2n) is 3.97. The largest absolute Gasteiger partial charge is 0.309 e. The van der Waals surface area contributed by atoms with Crippen molar-refractivity contribution in [1.82, 2.24) is 5.32 Å². The second kappa shape index (κ2) is 5.58. The van der Waals surface area contributed by atoms with Crippen molar-refractivity contribution in [3.63, 3.8) is 0 Å². The first-order valence-corrected chi connectivity index (χ1v) is 5.39. The topological polar surface area (TPSA) is 12.0 Å². The van der Waals surface area contributed by atoms with Crippen molar-refractivity contribution in [3.8, 4) is 12.3 Å². The van der Waals surface area contributed by atoms with Gasteiger partial charge in [-0.15, -0.1) is 12.3 Å². The number of benzene rings is 1. The van der Waals surface area contributed by atoms with Gasteiger partial charge in [0.15, 0.2) is 0 Å². The van der Waals surface area contributed by atoms with Crippen molar-refractivity contribution in [2.24, 2.45) is 0 Å². The molecule has 0 fully saturated rings. The summed E-state index contributed by atoms with van der Waals surface area (Å²) in [6.07, 6.45) is 5.99. The molecule has 1 aromatic carbocycles. The van der Waals surface area contributed by atoms with E-state index in [2.05, 4.69) is 50.2 Å². The molecule has 0 aliphatic heterocycles. The van der Waals surface area contributed by atoms with Gasteiger partial charge in [0.2, 0.25) is 0 Å². The van der Waals surface area contributed by atoms with Crippen LogP contribution in [-0.2, 0) is 0 Å². The first kappa shape index (κ1) is 11.8. The van der Waals surface area contributed by atoms with Crippen LogP contribution in [0.2, 0.25) is 0 Å². The molecule has 0 saturated carbocycles. The molecule has 0 bridgehead atoms. The summed E-state index contributed by atoms with van der Waals surface area (Å²) in [5.74, 6) is 2.63. The van der Waals surface area contributed by atoms with Crippen LogP contribution in [0.4, 0.5) is 0 Å². The Morgan fingerprint density at radius 3 is 2.67 bits per heavy atom. The SMILES string of the molecule is C#CCCNC(C)c1ccc(C)c(C)c1. The van der Waals surface area contributed by atoms with Gasteiger partial charge in [-0.1, -0.05) is 18.2 Å². The number of nitrogens with one attached hydrogen (secondary N) is 1. The summed E-state index contributed by atoms with van der Waals surface area (Å²) in [4.78, 5) is 0. The van der Waals surface area contributed by atoms with E-state index in [1.54, 1.807) is 0 Å². The summed E-state index contributed by atoms with van der Waals surface area (Å²) in [5, 5.41) is 3.40. The Morgan fingerprint density at radius 1 is 1.33 bits per heavy atom. The zero-order valence-electron chi connectivity index (χ0n) is 9.80. The van der Waals surface area contributed by atoms with E-state index in [1.165, 1.54) is 16.7 Å². The summed E-state index contributed by atoms with van der Waals surface area (Å²) in [7, 11) is 0. The minimum Gasteiger partial charge on any atom is -0.309 e. The molecule has 15 heavy (non-hydrogen) atoms. The maximum Gasteiger partial charge on any atom is 0.0292 e. The van der Waals surface area contributed by atoms with Gasteiger partial charge in [-0.2, -0.15) is 0 Å². The van der Waals surface area contributed by atoms with Crippen LogP contribution >= 0.6 is 0 Å². The molecule has 1 aromatic rings. The Morgan fingerprint density at radius 2 is 2.07 bits per heavy atom. The second-order valence-corrected chi connectivity index (χ2v) is 3.97. The molecule has 1 heteroatoms. The predicted molar refractivity (Wildman–Crippen MR) is 65.8 cm³/mol. The normalized spacial score (nSPS) is 12.1. The molecule has 0 amide bonds. The third-order valence-corrected chi connectivity index (χ3v) is 2.75. The molecule has 1 rings (SSSR count). The van der Waals surface area contributed by atoms with Gasteiger partial charge >= 0.3 is 0 Å². The zero-order chi connectivity index (χ0) is 11.3. The van der Waals surface area contributed by atoms with Crippen LogP contribution in [-0.4, -0.2) is 6.54 Å². The van der Waals surface area contributed by atoms with Crippen LogP contribution in [0.3, 0.4) is 0 Å². The summed E-state index contributed by atoms with van der Waals surface area (Å²) < 4.78 is 0. The van der Waals surface area contributed by atoms with Crippen molar-refractivity contribution in [2.45, 2.75) is 33.2 Å². The van der Waals surface area contributed by atoms with Gasteiger partial charge in [-0.05, 0) is 37.5 Å². The molecule has 1 atom stereocenters. The van der Waals surface area contributed by atoms with Crippen LogP contribution in [0.1, 0.15) is 36.1 Å². The van der Waals surface area contributed by atoms with Crippen LogP contribution in [0.15, 0.2) is 18.2 Å². The molecular formula is C14H19N. The fourth-order valence-electron chi connectivity index (χ4n) is 1.51. The Bertz CT molecular complexity index is 360. The lowest BCUT2D eigenvalue weighted by Crippen LogP contribution is -2.19. The molecule has 0 aliphatic carbocycles. The number of aryl methyl sites for hydroxylation is 2. The lowest BCUT2D eigenvalue weighted by Gasteiger charge is -2.14. The van der Waals surface area contributed by atoms with E-state index in [4.69, 9.17) is 6.42 Å². The fraction of sp³-hybridized carbons (Fsp3) is 0.429. The summed E-state index contributed by atoms with van der Waals surface area (Å²) in [6, 6.07) is 6.96. The lowest BCUT2D eigenvalue weighted by molar-refractivity contribution is 0.584. The van der Waals surface area contributed by atoms with E-state index >= 15 is 0 Å². The van der Waals surface area contributed by atoms with Crippen molar-refractivity contribution < 1.29 is 0 Å². The average molecular weight is 201 g/mol. The van der Waals surface area contributed by atoms with Crippen LogP contribution < -0.4 is 5.32 Å². The molecule has 1 nitrogen and oxygen atoms in total. The monoisotopic (exact) mass is 201 g/mol. The van der Waals surface area contributed by atoms with E-state index in [9.17, 15) is 0 Å². The lowest BCUT2D eigenvalue weighted by atomic mass is 10.0. The quantitative estimate of drug-likeness (QED) is 0.583. The number of hydrogen-bond acceptors (Lipinski definition) is 1. The predicted octanol–water partition coefficient (Wildman–Crippen LogP) is 2.98. The van der Waals surface area contributed by atoms with E-state index < -0.39 is 0 Å². The first-order valence-electron chi connectivity index (χ1n) is 5.39. The van der Waals surface area contributed by atoms with Gasteiger partial charge in [0.1, 0.15) is 0 Å². The number of hydrogen-bond donors (Lipinski definition) is 1. The third kappa shape index (κ3) is 3.42. The minimum atomic E-state index is 0.373. The van der Waals surface area contributed by atoms with Gasteiger partial charge < -0.3 is 5.32 Å². The van der Waals surface area contributed by atoms with Crippen LogP contribution in [0.25, 0.3) is 0 Å². The van der Waals surface area contributed by atoms with Gasteiger partial charge in [0, 0.05) is 19.0 Å². The van der Waals surface area contributed by atoms with Gasteiger partial charge in [0.25, 0.3) is 0 Å². The van der Waals surface area contributed by atoms with E-state index in [1.807, 2.05) is 0 Å². The van der Waals surface area contributed by atoms with E-state index in [-0.39, 0.29) is 0 Å². The maximum atomic E-state index is 5.21. The fourth-order valence-corrected chi connectivity index (χ4v) is 1.51. The van der Waals surface area contributed by atoms with Crippen molar-refractivity contribution in [2.75, 3.05) is 6.54 Å². The molecule has 1 N–H and O–H groups in total. The molecule has 0 radical (unpaired) electrons. The number of terminal acetylenes is 1. The maximum absolute atomic E-state index is 5.21. The summed E-state index contributed by atoms with van der Waals surface area (Å²) in [6.45, 7) is 7.33. The molecule has 80 valence electrons. The van der Waals surface area contributed by atoms with Crippen LogP contribution in [0.5, 0.6) is 0 Å². The van der Waals surface area contributed by atoms with Crippen LogP contribution in [0, 0.1) is 26.2 Å². The standard InChI is InChI=1S/C14H19N/c1-5-6-9-15-13(4)14-8-7-11(2)12(3)10-14/h1,7-8,10,13,15H,6,9H2,2-4H3. The molecule has 0 aliphatic rings. The van der Waals surface area contributed by atoms with E-state index in [0.29, 0.717) is 6.04 Å². The van der Waals surface area contributed by atoms with Crippen molar-refractivity contribution >= 4 is 0 Å². The highest BCUT2D eigenvalue weighted by Crippen LogP contribution is 2.16. The number of rotatable bonds is 4. The Labute approximate surface area is 92.9 Å². The Hall–Kier alpha value is -1.26. The molecular weight excluding hydrogens is 182 g/mol. The molecule has 0 spiro atoms. The van der Waals surface area contributed by atoms with Crippen molar-refractivity contribution in [1.29, 1.82) is 0 Å². The Balaban J connectivity index is 2.62. The zero-order valence-corrected chi connectivity index (χ0v) is 9.80. The first-order chi connectivity index (χ1) is 7.15. The molecule has 0 heterocycles. The van der Waals surface area contributed by atoms with Gasteiger partial charge in [-0.25, -0.2) is 0 Å². The van der Waals surface area contributed by atoms with E-state index in [0.717, 1.165) is 13.0 Å².